The molecule has 2 atom stereocenters. The average molecular weight is 511 g/mol. The predicted octanol–water partition coefficient (Wildman–Crippen LogP) is 4.42. The minimum atomic E-state index is -1.43. The molecule has 1 heterocycles. The molecule has 1 fully saturated rings. The van der Waals surface area contributed by atoms with Crippen LogP contribution in [0.1, 0.15) is 48.7 Å². The zero-order valence-corrected chi connectivity index (χ0v) is 18.4. The van der Waals surface area contributed by atoms with Gasteiger partial charge in [-0.2, -0.15) is 0 Å². The molecular weight excluding hydrogens is 488 g/mol. The maximum atomic E-state index is 13.5. The van der Waals surface area contributed by atoms with Crippen molar-refractivity contribution in [1.29, 1.82) is 0 Å². The first-order valence-corrected chi connectivity index (χ1v) is 10.5. The Morgan fingerprint density at radius 1 is 1.31 bits per heavy atom. The summed E-state index contributed by atoms with van der Waals surface area (Å²) in [5.74, 6) is 0.690. The first-order valence-electron chi connectivity index (χ1n) is 9.39. The van der Waals surface area contributed by atoms with E-state index in [-0.39, 0.29) is 30.4 Å². The molecule has 1 aliphatic carbocycles. The molecule has 2 unspecified atom stereocenters. The van der Waals surface area contributed by atoms with Crippen LogP contribution in [0.25, 0.3) is 0 Å². The standard InChI is InChI=1S/C21H23FIN3O3/c1-13(14-5-7-17(8-6-14)29-12-21(2,22)23)25-20(28)16-9-10-24-18(11-16)26-19(27)15-3-4-15/h5-11,13,15H,3-4,12H2,1-2H3,(H,25,28)(H,24,26,27). The lowest BCUT2D eigenvalue weighted by molar-refractivity contribution is -0.117. The van der Waals surface area contributed by atoms with E-state index in [1.807, 2.05) is 19.1 Å². The van der Waals surface area contributed by atoms with Crippen LogP contribution in [0.3, 0.4) is 0 Å². The van der Waals surface area contributed by atoms with E-state index in [0.29, 0.717) is 17.1 Å². The van der Waals surface area contributed by atoms with Crippen molar-refractivity contribution in [2.75, 3.05) is 11.9 Å². The number of rotatable bonds is 8. The third kappa shape index (κ3) is 6.66. The number of hydrogen-bond acceptors (Lipinski definition) is 4. The average Bonchev–Trinajstić information content (AvgIpc) is 3.52. The van der Waals surface area contributed by atoms with Gasteiger partial charge in [0.25, 0.3) is 5.91 Å². The smallest absolute Gasteiger partial charge is 0.251 e. The van der Waals surface area contributed by atoms with Crippen LogP contribution in [0, 0.1) is 5.92 Å². The lowest BCUT2D eigenvalue weighted by Gasteiger charge is -2.17. The summed E-state index contributed by atoms with van der Waals surface area (Å²) < 4.78 is 17.5. The van der Waals surface area contributed by atoms with E-state index < -0.39 is 3.68 Å². The zero-order valence-electron chi connectivity index (χ0n) is 16.2. The number of halogens is 2. The van der Waals surface area contributed by atoms with E-state index in [2.05, 4.69) is 15.6 Å². The first-order chi connectivity index (χ1) is 13.7. The molecule has 1 saturated carbocycles. The molecule has 6 nitrogen and oxygen atoms in total. The van der Waals surface area contributed by atoms with Crippen LogP contribution < -0.4 is 15.4 Å². The van der Waals surface area contributed by atoms with Gasteiger partial charge in [0.05, 0.1) is 6.04 Å². The van der Waals surface area contributed by atoms with Crippen LogP contribution in [0.15, 0.2) is 42.6 Å². The van der Waals surface area contributed by atoms with E-state index in [9.17, 15) is 14.0 Å². The summed E-state index contributed by atoms with van der Waals surface area (Å²) in [6.45, 7) is 3.27. The van der Waals surface area contributed by atoms with Crippen molar-refractivity contribution in [2.45, 2.75) is 36.4 Å². The molecule has 154 valence electrons. The molecule has 2 aromatic rings. The summed E-state index contributed by atoms with van der Waals surface area (Å²) in [5, 5.41) is 5.66. The highest BCUT2D eigenvalue weighted by molar-refractivity contribution is 14.1. The highest BCUT2D eigenvalue weighted by Gasteiger charge is 2.29. The van der Waals surface area contributed by atoms with Crippen LogP contribution in [-0.2, 0) is 4.79 Å². The van der Waals surface area contributed by atoms with Gasteiger partial charge < -0.3 is 15.4 Å². The fraction of sp³-hybridized carbons (Fsp3) is 0.381. The normalized spacial score (nSPS) is 16.4. The first kappa shape index (κ1) is 21.5. The zero-order chi connectivity index (χ0) is 21.0. The van der Waals surface area contributed by atoms with E-state index in [1.165, 1.54) is 13.1 Å². The second-order valence-electron chi connectivity index (χ2n) is 7.32. The number of carbonyl (C=O) groups is 2. The number of alkyl halides is 2. The van der Waals surface area contributed by atoms with Crippen LogP contribution in [0.5, 0.6) is 5.75 Å². The number of aromatic nitrogens is 1. The fourth-order valence-corrected chi connectivity index (χ4v) is 2.80. The third-order valence-corrected chi connectivity index (χ3v) is 4.75. The lowest BCUT2D eigenvalue weighted by Crippen LogP contribution is -2.27. The fourth-order valence-electron chi connectivity index (χ4n) is 2.64. The molecule has 29 heavy (non-hydrogen) atoms. The predicted molar refractivity (Wildman–Crippen MR) is 117 cm³/mol. The number of ether oxygens (including phenoxy) is 1. The van der Waals surface area contributed by atoms with E-state index >= 15 is 0 Å². The van der Waals surface area contributed by atoms with Crippen LogP contribution >= 0.6 is 22.6 Å². The van der Waals surface area contributed by atoms with Gasteiger partial charge in [0, 0.05) is 17.7 Å². The Kier molecular flexibility index (Phi) is 6.71. The topological polar surface area (TPSA) is 80.3 Å². The SMILES string of the molecule is CC(NC(=O)c1ccnc(NC(=O)C2CC2)c1)c1ccc(OCC(C)(F)I)cc1. The molecule has 1 aliphatic rings. The number of anilines is 1. The van der Waals surface area contributed by atoms with Crippen molar-refractivity contribution in [3.63, 3.8) is 0 Å². The van der Waals surface area contributed by atoms with Gasteiger partial charge in [0.2, 0.25) is 5.91 Å². The molecule has 1 aromatic carbocycles. The van der Waals surface area contributed by atoms with Gasteiger partial charge >= 0.3 is 0 Å². The molecule has 2 N–H and O–H groups in total. The Labute approximate surface area is 182 Å². The largest absolute Gasteiger partial charge is 0.489 e. The van der Waals surface area contributed by atoms with Crippen LogP contribution in [0.2, 0.25) is 0 Å². The van der Waals surface area contributed by atoms with Crippen LogP contribution in [-0.4, -0.2) is 27.1 Å². The number of benzene rings is 1. The molecule has 0 spiro atoms. The molecule has 3 rings (SSSR count). The summed E-state index contributed by atoms with van der Waals surface area (Å²) in [6, 6.07) is 10.1. The van der Waals surface area contributed by atoms with Gasteiger partial charge in [0.1, 0.15) is 18.2 Å². The number of pyridine rings is 1. The molecule has 0 aliphatic heterocycles. The van der Waals surface area contributed by atoms with Gasteiger partial charge in [-0.1, -0.05) is 12.1 Å². The highest BCUT2D eigenvalue weighted by Crippen LogP contribution is 2.30. The van der Waals surface area contributed by atoms with Crippen molar-refractivity contribution in [3.05, 3.63) is 53.7 Å². The molecule has 2 amide bonds. The maximum absolute atomic E-state index is 13.5. The summed E-state index contributed by atoms with van der Waals surface area (Å²) in [7, 11) is 0. The quantitative estimate of drug-likeness (QED) is 0.406. The number of amides is 2. The van der Waals surface area contributed by atoms with Crippen LogP contribution in [0.4, 0.5) is 10.2 Å². The molecule has 0 radical (unpaired) electrons. The summed E-state index contributed by atoms with van der Waals surface area (Å²) in [4.78, 5) is 28.5. The second kappa shape index (κ2) is 9.06. The van der Waals surface area contributed by atoms with Crippen molar-refractivity contribution in [1.82, 2.24) is 10.3 Å². The van der Waals surface area contributed by atoms with Gasteiger partial charge in [-0.3, -0.25) is 9.59 Å². The van der Waals surface area contributed by atoms with Crippen molar-refractivity contribution in [3.8, 4) is 5.75 Å². The minimum Gasteiger partial charge on any atom is -0.489 e. The summed E-state index contributed by atoms with van der Waals surface area (Å²) >= 11 is 1.69. The number of carbonyl (C=O) groups excluding carboxylic acids is 2. The number of nitrogens with one attached hydrogen (secondary N) is 2. The van der Waals surface area contributed by atoms with Crippen molar-refractivity contribution < 1.29 is 18.7 Å². The monoisotopic (exact) mass is 511 g/mol. The Bertz CT molecular complexity index is 879. The molecule has 8 heteroatoms. The number of nitrogens with zero attached hydrogens (tertiary/aromatic N) is 1. The molecule has 0 bridgehead atoms. The molecule has 1 aromatic heterocycles. The lowest BCUT2D eigenvalue weighted by atomic mass is 10.1. The Hall–Kier alpha value is -2.23. The van der Waals surface area contributed by atoms with Crippen molar-refractivity contribution >= 4 is 40.2 Å². The summed E-state index contributed by atoms with van der Waals surface area (Å²) in [6.07, 6.45) is 3.30. The third-order valence-electron chi connectivity index (χ3n) is 4.44. The highest BCUT2D eigenvalue weighted by atomic mass is 127. The van der Waals surface area contributed by atoms with Gasteiger partial charge in [-0.05, 0) is 79.1 Å². The van der Waals surface area contributed by atoms with E-state index in [1.54, 1.807) is 46.9 Å². The molecular formula is C21H23FIN3O3. The van der Waals surface area contributed by atoms with Gasteiger partial charge in [-0.15, -0.1) is 0 Å². The maximum Gasteiger partial charge on any atom is 0.251 e. The molecule has 0 saturated heterocycles. The van der Waals surface area contributed by atoms with Gasteiger partial charge in [0.15, 0.2) is 3.68 Å². The number of hydrogen-bond donors (Lipinski definition) is 2. The Morgan fingerprint density at radius 3 is 2.62 bits per heavy atom. The van der Waals surface area contributed by atoms with Gasteiger partial charge in [-0.25, -0.2) is 9.37 Å². The minimum absolute atomic E-state index is 0.0408. The Morgan fingerprint density at radius 2 is 2.00 bits per heavy atom. The second-order valence-corrected chi connectivity index (χ2v) is 9.57. The Balaban J connectivity index is 1.57. The van der Waals surface area contributed by atoms with E-state index in [4.69, 9.17) is 4.74 Å². The van der Waals surface area contributed by atoms with E-state index in [0.717, 1.165) is 18.4 Å². The van der Waals surface area contributed by atoms with Crippen molar-refractivity contribution in [2.24, 2.45) is 5.92 Å². The summed E-state index contributed by atoms with van der Waals surface area (Å²) in [5.41, 5.74) is 1.31.